The third-order valence-electron chi connectivity index (χ3n) is 6.04. The van der Waals surface area contributed by atoms with Gasteiger partial charge in [0.2, 0.25) is 5.91 Å². The fraction of sp³-hybridized carbons (Fsp3) is 0.296. The van der Waals surface area contributed by atoms with Gasteiger partial charge in [0.05, 0.1) is 5.01 Å². The molecule has 0 saturated carbocycles. The van der Waals surface area contributed by atoms with Crippen molar-refractivity contribution in [1.82, 2.24) is 9.88 Å². The van der Waals surface area contributed by atoms with Crippen LogP contribution in [0.15, 0.2) is 66.1 Å². The zero-order valence-electron chi connectivity index (χ0n) is 19.2. The Morgan fingerprint density at radius 3 is 2.62 bits per heavy atom. The van der Waals surface area contributed by atoms with Crippen molar-refractivity contribution in [2.24, 2.45) is 0 Å². The summed E-state index contributed by atoms with van der Waals surface area (Å²) in [5.74, 6) is 0.281. The van der Waals surface area contributed by atoms with Crippen molar-refractivity contribution in [3.8, 4) is 11.1 Å². The Kier molecular flexibility index (Phi) is 8.14. The van der Waals surface area contributed by atoms with Gasteiger partial charge in [-0.2, -0.15) is 0 Å². The Labute approximate surface area is 209 Å². The van der Waals surface area contributed by atoms with Gasteiger partial charge in [-0.05, 0) is 49.9 Å². The van der Waals surface area contributed by atoms with Crippen LogP contribution in [0.2, 0.25) is 5.02 Å². The van der Waals surface area contributed by atoms with Gasteiger partial charge in [-0.15, -0.1) is 11.3 Å². The molecule has 3 aromatic rings. The topological polar surface area (TPSA) is 62.3 Å². The molecule has 0 atom stereocenters. The number of thiazole rings is 1. The summed E-state index contributed by atoms with van der Waals surface area (Å²) in [7, 11) is 0. The summed E-state index contributed by atoms with van der Waals surface area (Å²) < 4.78 is 0. The molecule has 1 aliphatic heterocycles. The van der Waals surface area contributed by atoms with Gasteiger partial charge in [0, 0.05) is 47.1 Å². The maximum Gasteiger partial charge on any atom is 0.275 e. The molecule has 0 unspecified atom stereocenters. The maximum absolute atomic E-state index is 13.0. The molecule has 176 valence electrons. The highest BCUT2D eigenvalue weighted by molar-refractivity contribution is 7.10. The summed E-state index contributed by atoms with van der Waals surface area (Å²) >= 11 is 7.54. The summed E-state index contributed by atoms with van der Waals surface area (Å²) in [5.41, 5.74) is 3.06. The Balaban J connectivity index is 1.38. The van der Waals surface area contributed by atoms with E-state index in [4.69, 9.17) is 11.6 Å². The summed E-state index contributed by atoms with van der Waals surface area (Å²) in [6.45, 7) is 3.46. The second-order valence-electron chi connectivity index (χ2n) is 8.34. The number of para-hydroxylation sites is 1. The van der Waals surface area contributed by atoms with Gasteiger partial charge < -0.3 is 10.2 Å². The van der Waals surface area contributed by atoms with Gasteiger partial charge in [-0.3, -0.25) is 9.59 Å². The molecule has 2 heterocycles. The molecule has 1 N–H and O–H groups in total. The average Bonchev–Trinajstić information content (AvgIpc) is 3.36. The molecule has 1 saturated heterocycles. The van der Waals surface area contributed by atoms with Crippen molar-refractivity contribution < 1.29 is 9.59 Å². The molecule has 2 aromatic carbocycles. The van der Waals surface area contributed by atoms with Gasteiger partial charge in [-0.1, -0.05) is 54.1 Å². The number of nitrogens with one attached hydrogen (secondary N) is 1. The maximum atomic E-state index is 13.0. The average molecular weight is 494 g/mol. The van der Waals surface area contributed by atoms with E-state index in [-0.39, 0.29) is 17.7 Å². The number of hydrogen-bond acceptors (Lipinski definition) is 4. The van der Waals surface area contributed by atoms with Crippen LogP contribution in [0.25, 0.3) is 11.1 Å². The molecule has 34 heavy (non-hydrogen) atoms. The van der Waals surface area contributed by atoms with Crippen molar-refractivity contribution in [2.45, 2.75) is 38.5 Å². The van der Waals surface area contributed by atoms with Crippen molar-refractivity contribution in [1.29, 1.82) is 0 Å². The van der Waals surface area contributed by atoms with Crippen LogP contribution < -0.4 is 5.32 Å². The number of carbonyl (C=O) groups is 2. The Morgan fingerprint density at radius 2 is 1.88 bits per heavy atom. The van der Waals surface area contributed by atoms with E-state index in [1.54, 1.807) is 0 Å². The van der Waals surface area contributed by atoms with Crippen LogP contribution in [-0.2, 0) is 4.79 Å². The number of carbonyl (C=O) groups excluding carboxylic acids is 2. The summed E-state index contributed by atoms with van der Waals surface area (Å²) in [6.07, 6.45) is 7.12. The van der Waals surface area contributed by atoms with Crippen LogP contribution >= 0.6 is 22.9 Å². The number of benzene rings is 2. The first-order chi connectivity index (χ1) is 16.5. The highest BCUT2D eigenvalue weighted by Gasteiger charge is 2.26. The SMILES string of the molecule is CC=CCCC(=O)N1CCC(c2nc(C(=O)Nc3ccccc3-c3ccc(Cl)cc3)cs2)CC1. The van der Waals surface area contributed by atoms with E-state index in [1.165, 1.54) is 11.3 Å². The van der Waals surface area contributed by atoms with Crippen LogP contribution in [0.1, 0.15) is 54.0 Å². The molecule has 0 radical (unpaired) electrons. The molecule has 2 amide bonds. The number of piperidine rings is 1. The van der Waals surface area contributed by atoms with Gasteiger partial charge in [0.1, 0.15) is 5.69 Å². The number of hydrogen-bond donors (Lipinski definition) is 1. The first-order valence-corrected chi connectivity index (χ1v) is 12.8. The van der Waals surface area contributed by atoms with Gasteiger partial charge in [-0.25, -0.2) is 4.98 Å². The lowest BCUT2D eigenvalue weighted by Crippen LogP contribution is -2.37. The zero-order chi connectivity index (χ0) is 23.9. The quantitative estimate of drug-likeness (QED) is 0.369. The number of nitrogens with zero attached hydrogens (tertiary/aromatic N) is 2. The first-order valence-electron chi connectivity index (χ1n) is 11.6. The van der Waals surface area contributed by atoms with Crippen LogP contribution in [0.5, 0.6) is 0 Å². The third kappa shape index (κ3) is 5.93. The number of amides is 2. The smallest absolute Gasteiger partial charge is 0.275 e. The van der Waals surface area contributed by atoms with E-state index in [1.807, 2.05) is 77.9 Å². The number of aromatic nitrogens is 1. The minimum absolute atomic E-state index is 0.218. The fourth-order valence-corrected chi connectivity index (χ4v) is 5.24. The normalized spacial score (nSPS) is 14.5. The lowest BCUT2D eigenvalue weighted by Gasteiger charge is -2.31. The van der Waals surface area contributed by atoms with Crippen molar-refractivity contribution >= 4 is 40.4 Å². The molecule has 1 fully saturated rings. The number of rotatable bonds is 7. The fourth-order valence-electron chi connectivity index (χ4n) is 4.15. The monoisotopic (exact) mass is 493 g/mol. The summed E-state index contributed by atoms with van der Waals surface area (Å²) in [4.78, 5) is 31.9. The lowest BCUT2D eigenvalue weighted by molar-refractivity contribution is -0.132. The third-order valence-corrected chi connectivity index (χ3v) is 7.30. The van der Waals surface area contributed by atoms with E-state index in [9.17, 15) is 9.59 Å². The number of halogens is 1. The van der Waals surface area contributed by atoms with Crippen LogP contribution in [0, 0.1) is 0 Å². The number of anilines is 1. The number of allylic oxidation sites excluding steroid dienone is 2. The van der Waals surface area contributed by atoms with E-state index in [0.29, 0.717) is 17.1 Å². The standard InChI is InChI=1S/C27H28ClN3O2S/c1-2-3-4-9-25(32)31-16-14-20(15-17-31)27-30-24(18-34-27)26(33)29-23-8-6-5-7-22(23)19-10-12-21(28)13-11-19/h2-3,5-8,10-13,18,20H,4,9,14-17H2,1H3,(H,29,33). The lowest BCUT2D eigenvalue weighted by atomic mass is 9.97. The summed E-state index contributed by atoms with van der Waals surface area (Å²) in [6, 6.07) is 15.2. The van der Waals surface area contributed by atoms with E-state index in [0.717, 1.165) is 54.2 Å². The molecule has 1 aliphatic rings. The molecular weight excluding hydrogens is 466 g/mol. The molecule has 0 aliphatic carbocycles. The van der Waals surface area contributed by atoms with Gasteiger partial charge in [0.25, 0.3) is 5.91 Å². The predicted molar refractivity (Wildman–Crippen MR) is 140 cm³/mol. The molecule has 0 spiro atoms. The Bertz CT molecular complexity index is 1160. The Hall–Kier alpha value is -2.96. The largest absolute Gasteiger partial charge is 0.343 e. The minimum atomic E-state index is -0.222. The minimum Gasteiger partial charge on any atom is -0.343 e. The van der Waals surface area contributed by atoms with Crippen LogP contribution in [-0.4, -0.2) is 34.8 Å². The second-order valence-corrected chi connectivity index (χ2v) is 9.67. The highest BCUT2D eigenvalue weighted by atomic mass is 35.5. The Morgan fingerprint density at radius 1 is 1.15 bits per heavy atom. The molecule has 1 aromatic heterocycles. The second kappa shape index (κ2) is 11.4. The predicted octanol–water partition coefficient (Wildman–Crippen LogP) is 6.78. The van der Waals surface area contributed by atoms with Crippen LogP contribution in [0.3, 0.4) is 0 Å². The molecule has 5 nitrogen and oxygen atoms in total. The summed E-state index contributed by atoms with van der Waals surface area (Å²) in [5, 5.41) is 6.48. The highest BCUT2D eigenvalue weighted by Crippen LogP contribution is 2.32. The van der Waals surface area contributed by atoms with E-state index in [2.05, 4.69) is 10.3 Å². The van der Waals surface area contributed by atoms with Crippen molar-refractivity contribution in [3.63, 3.8) is 0 Å². The van der Waals surface area contributed by atoms with Crippen molar-refractivity contribution in [3.05, 3.63) is 81.8 Å². The van der Waals surface area contributed by atoms with Gasteiger partial charge >= 0.3 is 0 Å². The van der Waals surface area contributed by atoms with E-state index < -0.39 is 0 Å². The van der Waals surface area contributed by atoms with Crippen molar-refractivity contribution in [2.75, 3.05) is 18.4 Å². The molecule has 7 heteroatoms. The van der Waals surface area contributed by atoms with Crippen LogP contribution in [0.4, 0.5) is 5.69 Å². The van der Waals surface area contributed by atoms with Gasteiger partial charge in [0.15, 0.2) is 0 Å². The van der Waals surface area contributed by atoms with E-state index >= 15 is 0 Å². The molecule has 0 bridgehead atoms. The zero-order valence-corrected chi connectivity index (χ0v) is 20.7. The first kappa shape index (κ1) is 24.2. The number of likely N-dealkylation sites (tertiary alicyclic amines) is 1. The molecule has 4 rings (SSSR count). The molecular formula is C27H28ClN3O2S.